The van der Waals surface area contributed by atoms with Crippen molar-refractivity contribution in [1.29, 1.82) is 0 Å². The maximum atomic E-state index is 5.62. The molecule has 1 aromatic rings. The first-order chi connectivity index (χ1) is 6.57. The summed E-state index contributed by atoms with van der Waals surface area (Å²) in [5.41, 5.74) is 6.24. The fourth-order valence-corrected chi connectivity index (χ4v) is 1.40. The van der Waals surface area contributed by atoms with Gasteiger partial charge in [0, 0.05) is 6.20 Å². The van der Waals surface area contributed by atoms with Gasteiger partial charge < -0.3 is 15.2 Å². The van der Waals surface area contributed by atoms with E-state index < -0.39 is 5.79 Å². The van der Waals surface area contributed by atoms with E-state index in [0.717, 1.165) is 5.69 Å². The standard InChI is InChI=1S/C9H13N3O2/c1-9(2)13-5-7(14-9)6-3-4-11-8(10)12-6/h3-4,7H,5H2,1-2H3,(H2,10,11,12). The molecule has 14 heavy (non-hydrogen) atoms. The number of anilines is 1. The van der Waals surface area contributed by atoms with E-state index in [-0.39, 0.29) is 12.1 Å². The molecule has 1 saturated heterocycles. The number of nitrogens with zero attached hydrogens (tertiary/aromatic N) is 2. The molecule has 0 radical (unpaired) electrons. The molecule has 2 rings (SSSR count). The molecule has 0 aliphatic carbocycles. The SMILES string of the molecule is CC1(C)OCC(c2ccnc(N)n2)O1. The van der Waals surface area contributed by atoms with Crippen LogP contribution in [0, 0.1) is 0 Å². The van der Waals surface area contributed by atoms with Crippen molar-refractivity contribution in [3.63, 3.8) is 0 Å². The van der Waals surface area contributed by atoms with E-state index in [9.17, 15) is 0 Å². The molecule has 5 nitrogen and oxygen atoms in total. The highest BCUT2D eigenvalue weighted by Crippen LogP contribution is 2.31. The summed E-state index contributed by atoms with van der Waals surface area (Å²) in [6, 6.07) is 1.78. The molecule has 2 N–H and O–H groups in total. The lowest BCUT2D eigenvalue weighted by Gasteiger charge is -2.16. The van der Waals surface area contributed by atoms with Crippen molar-refractivity contribution in [1.82, 2.24) is 9.97 Å². The maximum absolute atomic E-state index is 5.62. The number of rotatable bonds is 1. The Kier molecular flexibility index (Phi) is 2.13. The Labute approximate surface area is 82.3 Å². The summed E-state index contributed by atoms with van der Waals surface area (Å²) in [6.45, 7) is 4.25. The van der Waals surface area contributed by atoms with Gasteiger partial charge in [0.2, 0.25) is 5.95 Å². The molecule has 0 amide bonds. The van der Waals surface area contributed by atoms with Gasteiger partial charge in [0.05, 0.1) is 12.3 Å². The Morgan fingerprint density at radius 3 is 2.93 bits per heavy atom. The Hall–Kier alpha value is -1.20. The van der Waals surface area contributed by atoms with Crippen LogP contribution >= 0.6 is 0 Å². The second kappa shape index (κ2) is 3.18. The Bertz CT molecular complexity index is 341. The third-order valence-electron chi connectivity index (χ3n) is 2.03. The Morgan fingerprint density at radius 2 is 2.36 bits per heavy atom. The number of aromatic nitrogens is 2. The summed E-state index contributed by atoms with van der Waals surface area (Å²) >= 11 is 0. The van der Waals surface area contributed by atoms with Crippen LogP contribution in [0.3, 0.4) is 0 Å². The van der Waals surface area contributed by atoms with Crippen LogP contribution in [0.5, 0.6) is 0 Å². The summed E-state index contributed by atoms with van der Waals surface area (Å²) in [7, 11) is 0. The number of hydrogen-bond acceptors (Lipinski definition) is 5. The van der Waals surface area contributed by atoms with E-state index in [1.165, 1.54) is 0 Å². The summed E-state index contributed by atoms with van der Waals surface area (Å²) in [6.07, 6.45) is 1.47. The van der Waals surface area contributed by atoms with Crippen LogP contribution < -0.4 is 5.73 Å². The fraction of sp³-hybridized carbons (Fsp3) is 0.556. The van der Waals surface area contributed by atoms with Crippen LogP contribution in [-0.4, -0.2) is 22.4 Å². The first kappa shape index (κ1) is 9.36. The van der Waals surface area contributed by atoms with E-state index in [4.69, 9.17) is 15.2 Å². The van der Waals surface area contributed by atoms with Gasteiger partial charge in [-0.1, -0.05) is 0 Å². The van der Waals surface area contributed by atoms with E-state index in [0.29, 0.717) is 6.61 Å². The van der Waals surface area contributed by atoms with Crippen LogP contribution in [0.15, 0.2) is 12.3 Å². The minimum Gasteiger partial charge on any atom is -0.368 e. The summed E-state index contributed by atoms with van der Waals surface area (Å²) < 4.78 is 11.0. The molecular formula is C9H13N3O2. The maximum Gasteiger partial charge on any atom is 0.220 e. The van der Waals surface area contributed by atoms with Gasteiger partial charge in [-0.25, -0.2) is 9.97 Å². The lowest BCUT2D eigenvalue weighted by atomic mass is 10.2. The number of nitrogen functional groups attached to an aromatic ring is 1. The molecule has 76 valence electrons. The van der Waals surface area contributed by atoms with Crippen molar-refractivity contribution in [2.24, 2.45) is 0 Å². The second-order valence-corrected chi connectivity index (χ2v) is 3.66. The van der Waals surface area contributed by atoms with E-state index in [2.05, 4.69) is 9.97 Å². The van der Waals surface area contributed by atoms with Gasteiger partial charge in [0.25, 0.3) is 0 Å². The highest BCUT2D eigenvalue weighted by atomic mass is 16.7. The van der Waals surface area contributed by atoms with Crippen molar-refractivity contribution in [2.75, 3.05) is 12.3 Å². The first-order valence-electron chi connectivity index (χ1n) is 4.47. The van der Waals surface area contributed by atoms with Crippen molar-refractivity contribution < 1.29 is 9.47 Å². The van der Waals surface area contributed by atoms with Crippen LogP contribution in [0.25, 0.3) is 0 Å². The largest absolute Gasteiger partial charge is 0.368 e. The molecule has 2 heterocycles. The van der Waals surface area contributed by atoms with E-state index >= 15 is 0 Å². The summed E-state index contributed by atoms with van der Waals surface area (Å²) in [5, 5.41) is 0. The topological polar surface area (TPSA) is 70.3 Å². The molecule has 1 aliphatic rings. The van der Waals surface area contributed by atoms with Crippen molar-refractivity contribution in [2.45, 2.75) is 25.7 Å². The molecule has 1 atom stereocenters. The van der Waals surface area contributed by atoms with Crippen molar-refractivity contribution >= 4 is 5.95 Å². The minimum absolute atomic E-state index is 0.143. The molecule has 5 heteroatoms. The summed E-state index contributed by atoms with van der Waals surface area (Å²) in [5.74, 6) is -0.277. The van der Waals surface area contributed by atoms with E-state index in [1.54, 1.807) is 12.3 Å². The highest BCUT2D eigenvalue weighted by molar-refractivity contribution is 5.19. The molecule has 0 aromatic carbocycles. The van der Waals surface area contributed by atoms with Gasteiger partial charge in [0.15, 0.2) is 5.79 Å². The predicted molar refractivity (Wildman–Crippen MR) is 50.3 cm³/mol. The van der Waals surface area contributed by atoms with Gasteiger partial charge in [-0.2, -0.15) is 0 Å². The highest BCUT2D eigenvalue weighted by Gasteiger charge is 2.34. The first-order valence-corrected chi connectivity index (χ1v) is 4.47. The molecule has 1 fully saturated rings. The van der Waals surface area contributed by atoms with Crippen molar-refractivity contribution in [3.05, 3.63) is 18.0 Å². The lowest BCUT2D eigenvalue weighted by Crippen LogP contribution is -2.19. The molecule has 0 spiro atoms. The second-order valence-electron chi connectivity index (χ2n) is 3.66. The molecular weight excluding hydrogens is 182 g/mol. The van der Waals surface area contributed by atoms with Gasteiger partial charge in [0.1, 0.15) is 6.10 Å². The molecule has 0 saturated carbocycles. The van der Waals surface area contributed by atoms with E-state index in [1.807, 2.05) is 13.8 Å². The Morgan fingerprint density at radius 1 is 1.57 bits per heavy atom. The third kappa shape index (κ3) is 1.83. The molecule has 1 aromatic heterocycles. The zero-order valence-electron chi connectivity index (χ0n) is 8.23. The number of ether oxygens (including phenoxy) is 2. The van der Waals surface area contributed by atoms with Crippen LogP contribution in [0.1, 0.15) is 25.6 Å². The smallest absolute Gasteiger partial charge is 0.220 e. The average Bonchev–Trinajstić information content (AvgIpc) is 2.46. The zero-order chi connectivity index (χ0) is 10.2. The normalized spacial score (nSPS) is 25.1. The number of nitrogens with two attached hydrogens (primary N) is 1. The number of hydrogen-bond donors (Lipinski definition) is 1. The summed E-state index contributed by atoms with van der Waals surface area (Å²) in [4.78, 5) is 7.90. The van der Waals surface area contributed by atoms with Crippen LogP contribution in [-0.2, 0) is 9.47 Å². The monoisotopic (exact) mass is 195 g/mol. The Balaban J connectivity index is 2.17. The van der Waals surface area contributed by atoms with Gasteiger partial charge in [-0.15, -0.1) is 0 Å². The van der Waals surface area contributed by atoms with Gasteiger partial charge in [-0.05, 0) is 19.9 Å². The van der Waals surface area contributed by atoms with Gasteiger partial charge >= 0.3 is 0 Å². The lowest BCUT2D eigenvalue weighted by molar-refractivity contribution is -0.139. The fourth-order valence-electron chi connectivity index (χ4n) is 1.40. The quantitative estimate of drug-likeness (QED) is 0.720. The van der Waals surface area contributed by atoms with Crippen LogP contribution in [0.4, 0.5) is 5.95 Å². The zero-order valence-corrected chi connectivity index (χ0v) is 8.23. The van der Waals surface area contributed by atoms with Crippen molar-refractivity contribution in [3.8, 4) is 0 Å². The third-order valence-corrected chi connectivity index (χ3v) is 2.03. The predicted octanol–water partition coefficient (Wildman–Crippen LogP) is 0.883. The molecule has 1 unspecified atom stereocenters. The molecule has 0 bridgehead atoms. The molecule has 1 aliphatic heterocycles. The average molecular weight is 195 g/mol. The van der Waals surface area contributed by atoms with Gasteiger partial charge in [-0.3, -0.25) is 0 Å². The van der Waals surface area contributed by atoms with Crippen LogP contribution in [0.2, 0.25) is 0 Å². The minimum atomic E-state index is -0.537.